The summed E-state index contributed by atoms with van der Waals surface area (Å²) < 4.78 is 11.5. The van der Waals surface area contributed by atoms with Crippen molar-refractivity contribution in [1.82, 2.24) is 4.90 Å². The second kappa shape index (κ2) is 14.0. The molecule has 2 rings (SSSR count). The van der Waals surface area contributed by atoms with Gasteiger partial charge in [-0.1, -0.05) is 42.5 Å². The number of carboxylic acid groups (broad SMARTS) is 2. The summed E-state index contributed by atoms with van der Waals surface area (Å²) in [6.07, 6.45) is 2.16. The van der Waals surface area contributed by atoms with E-state index in [9.17, 15) is 9.59 Å². The fraction of sp³-hybridized carbons (Fsp3) is 0.333. The Morgan fingerprint density at radius 1 is 1.00 bits per heavy atom. The lowest BCUT2D eigenvalue weighted by Crippen LogP contribution is -2.27. The normalized spacial score (nSPS) is 12.7. The SMILES string of the molecule is COc1cccc(COC(CC(C)N(C)C)c2ccccc2)c1.O=C(O)C=CC(=O)O. The second-order valence-corrected chi connectivity index (χ2v) is 7.12. The minimum Gasteiger partial charge on any atom is -0.497 e. The van der Waals surface area contributed by atoms with Crippen molar-refractivity contribution >= 4 is 11.9 Å². The number of carbonyl (C=O) groups is 2. The molecule has 0 spiro atoms. The maximum atomic E-state index is 9.55. The zero-order chi connectivity index (χ0) is 23.2. The second-order valence-electron chi connectivity index (χ2n) is 7.12. The molecular formula is C24H31NO6. The van der Waals surface area contributed by atoms with Gasteiger partial charge in [-0.25, -0.2) is 9.59 Å². The van der Waals surface area contributed by atoms with Crippen molar-refractivity contribution in [3.05, 3.63) is 77.9 Å². The summed E-state index contributed by atoms with van der Waals surface area (Å²) in [5.41, 5.74) is 2.35. The van der Waals surface area contributed by atoms with Crippen molar-refractivity contribution in [3.8, 4) is 5.75 Å². The molecule has 168 valence electrons. The van der Waals surface area contributed by atoms with Gasteiger partial charge in [0.05, 0.1) is 19.8 Å². The van der Waals surface area contributed by atoms with E-state index in [1.54, 1.807) is 7.11 Å². The van der Waals surface area contributed by atoms with Crippen molar-refractivity contribution in [3.63, 3.8) is 0 Å². The monoisotopic (exact) mass is 429 g/mol. The van der Waals surface area contributed by atoms with E-state index in [1.165, 1.54) is 5.56 Å². The van der Waals surface area contributed by atoms with E-state index in [4.69, 9.17) is 19.7 Å². The third-order valence-electron chi connectivity index (χ3n) is 4.56. The number of hydrogen-bond acceptors (Lipinski definition) is 5. The van der Waals surface area contributed by atoms with E-state index in [0.29, 0.717) is 24.8 Å². The average molecular weight is 430 g/mol. The lowest BCUT2D eigenvalue weighted by atomic mass is 10.0. The standard InChI is InChI=1S/C20H27NO2.C4H4O4/c1-16(21(2)3)13-20(18-10-6-5-7-11-18)23-15-17-9-8-12-19(14-17)22-4;5-3(6)1-2-4(7)8/h5-12,14,16,20H,13,15H2,1-4H3;1-2H,(H,5,6)(H,7,8). The van der Waals surface area contributed by atoms with Crippen LogP contribution in [0.15, 0.2) is 66.7 Å². The van der Waals surface area contributed by atoms with Crippen LogP contribution in [0.1, 0.15) is 30.6 Å². The number of methoxy groups -OCH3 is 1. The quantitative estimate of drug-likeness (QED) is 0.551. The first-order valence-electron chi connectivity index (χ1n) is 9.82. The van der Waals surface area contributed by atoms with Gasteiger partial charge in [0.2, 0.25) is 0 Å². The van der Waals surface area contributed by atoms with Crippen LogP contribution in [0.5, 0.6) is 5.75 Å². The molecule has 0 aliphatic rings. The molecule has 7 nitrogen and oxygen atoms in total. The number of carboxylic acids is 2. The first-order valence-corrected chi connectivity index (χ1v) is 9.82. The van der Waals surface area contributed by atoms with Crippen molar-refractivity contribution in [2.24, 2.45) is 0 Å². The molecule has 0 bridgehead atoms. The highest BCUT2D eigenvalue weighted by atomic mass is 16.5. The average Bonchev–Trinajstić information content (AvgIpc) is 2.76. The van der Waals surface area contributed by atoms with Crippen molar-refractivity contribution in [2.75, 3.05) is 21.2 Å². The Bertz CT molecular complexity index is 819. The van der Waals surface area contributed by atoms with Crippen molar-refractivity contribution in [2.45, 2.75) is 32.1 Å². The molecule has 0 fully saturated rings. The molecule has 2 aromatic carbocycles. The van der Waals surface area contributed by atoms with Crippen LogP contribution < -0.4 is 4.74 Å². The minimum absolute atomic E-state index is 0.0831. The fourth-order valence-electron chi connectivity index (χ4n) is 2.59. The maximum absolute atomic E-state index is 9.55. The fourth-order valence-corrected chi connectivity index (χ4v) is 2.59. The van der Waals surface area contributed by atoms with Gasteiger partial charge in [0, 0.05) is 18.2 Å². The summed E-state index contributed by atoms with van der Waals surface area (Å²) >= 11 is 0. The Kier molecular flexibility index (Phi) is 11.6. The van der Waals surface area contributed by atoms with Gasteiger partial charge in [-0.05, 0) is 50.7 Å². The molecule has 2 atom stereocenters. The number of aliphatic carboxylic acids is 2. The minimum atomic E-state index is -1.26. The van der Waals surface area contributed by atoms with Gasteiger partial charge in [0.25, 0.3) is 0 Å². The zero-order valence-electron chi connectivity index (χ0n) is 18.4. The van der Waals surface area contributed by atoms with Crippen LogP contribution in [0.3, 0.4) is 0 Å². The molecule has 2 unspecified atom stereocenters. The van der Waals surface area contributed by atoms with E-state index in [1.807, 2.05) is 24.3 Å². The van der Waals surface area contributed by atoms with Crippen LogP contribution in [0.4, 0.5) is 0 Å². The molecular weight excluding hydrogens is 398 g/mol. The summed E-state index contributed by atoms with van der Waals surface area (Å²) in [5, 5.41) is 15.6. The molecule has 0 saturated carbocycles. The molecule has 0 amide bonds. The third-order valence-corrected chi connectivity index (χ3v) is 4.56. The predicted octanol–water partition coefficient (Wildman–Crippen LogP) is 4.01. The van der Waals surface area contributed by atoms with Crippen LogP contribution in [0.2, 0.25) is 0 Å². The first kappa shape index (κ1) is 25.9. The van der Waals surface area contributed by atoms with Gasteiger partial charge < -0.3 is 24.6 Å². The molecule has 0 aromatic heterocycles. The number of ether oxygens (including phenoxy) is 2. The van der Waals surface area contributed by atoms with Gasteiger partial charge in [-0.2, -0.15) is 0 Å². The lowest BCUT2D eigenvalue weighted by molar-refractivity contribution is -0.134. The van der Waals surface area contributed by atoms with E-state index in [-0.39, 0.29) is 6.10 Å². The first-order chi connectivity index (χ1) is 14.7. The highest BCUT2D eigenvalue weighted by Gasteiger charge is 2.17. The van der Waals surface area contributed by atoms with Crippen molar-refractivity contribution < 1.29 is 29.3 Å². The summed E-state index contributed by atoms with van der Waals surface area (Å²) in [4.78, 5) is 21.3. The van der Waals surface area contributed by atoms with Crippen LogP contribution in [-0.2, 0) is 20.9 Å². The lowest BCUT2D eigenvalue weighted by Gasteiger charge is -2.26. The van der Waals surface area contributed by atoms with E-state index >= 15 is 0 Å². The highest BCUT2D eigenvalue weighted by molar-refractivity contribution is 5.89. The van der Waals surface area contributed by atoms with E-state index in [0.717, 1.165) is 17.7 Å². The van der Waals surface area contributed by atoms with Gasteiger partial charge in [-0.3, -0.25) is 0 Å². The number of rotatable bonds is 10. The summed E-state index contributed by atoms with van der Waals surface area (Å²) in [6, 6.07) is 18.9. The van der Waals surface area contributed by atoms with Gasteiger partial charge >= 0.3 is 11.9 Å². The molecule has 31 heavy (non-hydrogen) atoms. The van der Waals surface area contributed by atoms with Gasteiger partial charge in [0.1, 0.15) is 5.75 Å². The Morgan fingerprint density at radius 3 is 2.13 bits per heavy atom. The van der Waals surface area contributed by atoms with Crippen LogP contribution in [0.25, 0.3) is 0 Å². The Hall–Kier alpha value is -3.16. The summed E-state index contributed by atoms with van der Waals surface area (Å²) in [5.74, 6) is -1.65. The smallest absolute Gasteiger partial charge is 0.328 e. The molecule has 0 heterocycles. The molecule has 2 aromatic rings. The summed E-state index contributed by atoms with van der Waals surface area (Å²) in [6.45, 7) is 2.81. The summed E-state index contributed by atoms with van der Waals surface area (Å²) in [7, 11) is 5.90. The largest absolute Gasteiger partial charge is 0.497 e. The Balaban J connectivity index is 0.000000512. The highest BCUT2D eigenvalue weighted by Crippen LogP contribution is 2.26. The predicted molar refractivity (Wildman–Crippen MR) is 119 cm³/mol. The molecule has 7 heteroatoms. The van der Waals surface area contributed by atoms with Crippen LogP contribution in [-0.4, -0.2) is 54.3 Å². The molecule has 0 aliphatic carbocycles. The number of nitrogens with zero attached hydrogens (tertiary/aromatic N) is 1. The number of hydrogen-bond donors (Lipinski definition) is 2. The molecule has 2 N–H and O–H groups in total. The Labute approximate surface area is 183 Å². The topological polar surface area (TPSA) is 96.3 Å². The molecule has 0 saturated heterocycles. The zero-order valence-corrected chi connectivity index (χ0v) is 18.4. The van der Waals surface area contributed by atoms with Crippen LogP contribution in [0, 0.1) is 0 Å². The molecule has 0 aliphatic heterocycles. The van der Waals surface area contributed by atoms with Crippen molar-refractivity contribution in [1.29, 1.82) is 0 Å². The maximum Gasteiger partial charge on any atom is 0.328 e. The third kappa shape index (κ3) is 11.0. The van der Waals surface area contributed by atoms with E-state index in [2.05, 4.69) is 56.3 Å². The van der Waals surface area contributed by atoms with E-state index < -0.39 is 11.9 Å². The Morgan fingerprint density at radius 2 is 1.61 bits per heavy atom. The van der Waals surface area contributed by atoms with Gasteiger partial charge in [-0.15, -0.1) is 0 Å². The number of benzene rings is 2. The van der Waals surface area contributed by atoms with Gasteiger partial charge in [0.15, 0.2) is 0 Å². The molecule has 0 radical (unpaired) electrons. The van der Waals surface area contributed by atoms with Crippen LogP contribution >= 0.6 is 0 Å².